The van der Waals surface area contributed by atoms with Gasteiger partial charge in [0.1, 0.15) is 5.84 Å². The minimum absolute atomic E-state index is 0.0900. The fourth-order valence-electron chi connectivity index (χ4n) is 1.78. The van der Waals surface area contributed by atoms with Gasteiger partial charge in [-0.15, -0.1) is 11.8 Å². The molecule has 0 spiro atoms. The monoisotopic (exact) mass is 259 g/mol. The number of fused-ring (bicyclic) bond motifs is 1. The van der Waals surface area contributed by atoms with Crippen LogP contribution in [0.15, 0.2) is 35.4 Å². The molecule has 4 heteroatoms. The molecule has 18 heavy (non-hydrogen) atoms. The molecule has 0 amide bonds. The van der Waals surface area contributed by atoms with Crippen molar-refractivity contribution in [1.82, 2.24) is 4.98 Å². The number of hydrogen-bond donors (Lipinski definition) is 2. The van der Waals surface area contributed by atoms with E-state index in [-0.39, 0.29) is 5.84 Å². The molecule has 2 aromatic rings. The molecule has 0 bridgehead atoms. The summed E-state index contributed by atoms with van der Waals surface area (Å²) in [6.45, 7) is 2.18. The molecule has 0 aliphatic carbocycles. The van der Waals surface area contributed by atoms with E-state index in [1.807, 2.05) is 24.3 Å². The fraction of sp³-hybridized carbons (Fsp3) is 0.286. The second-order valence-corrected chi connectivity index (χ2v) is 5.24. The Bertz CT molecular complexity index is 566. The van der Waals surface area contributed by atoms with Crippen molar-refractivity contribution in [2.75, 3.05) is 5.75 Å². The lowest BCUT2D eigenvalue weighted by Crippen LogP contribution is -2.13. The summed E-state index contributed by atoms with van der Waals surface area (Å²) >= 11 is 1.77. The van der Waals surface area contributed by atoms with Crippen molar-refractivity contribution < 1.29 is 0 Å². The van der Waals surface area contributed by atoms with Crippen LogP contribution in [0.25, 0.3) is 10.9 Å². The van der Waals surface area contributed by atoms with Crippen LogP contribution in [0.1, 0.15) is 25.3 Å². The lowest BCUT2D eigenvalue weighted by atomic mass is 10.1. The maximum Gasteiger partial charge on any atom is 0.125 e. The third-order valence-electron chi connectivity index (χ3n) is 2.76. The summed E-state index contributed by atoms with van der Waals surface area (Å²) in [5.41, 5.74) is 7.34. The zero-order valence-corrected chi connectivity index (χ0v) is 11.3. The van der Waals surface area contributed by atoms with Crippen molar-refractivity contribution in [2.45, 2.75) is 24.7 Å². The number of thioether (sulfide) groups is 1. The third kappa shape index (κ3) is 2.64. The molecule has 0 aliphatic heterocycles. The minimum Gasteiger partial charge on any atom is -0.384 e. The molecule has 1 aromatic carbocycles. The molecule has 2 rings (SSSR count). The highest BCUT2D eigenvalue weighted by atomic mass is 32.2. The molecule has 0 fully saturated rings. The first-order valence-corrected chi connectivity index (χ1v) is 7.07. The number of unbranched alkanes of at least 4 members (excludes halogenated alkanes) is 1. The first kappa shape index (κ1) is 12.9. The number of hydrogen-bond acceptors (Lipinski definition) is 3. The number of pyridine rings is 1. The molecular formula is C14H17N3S. The van der Waals surface area contributed by atoms with Crippen LogP contribution in [-0.4, -0.2) is 16.6 Å². The van der Waals surface area contributed by atoms with Crippen molar-refractivity contribution in [3.05, 3.63) is 36.0 Å². The number of nitrogens with two attached hydrogens (primary N) is 1. The molecule has 0 radical (unpaired) electrons. The average molecular weight is 259 g/mol. The van der Waals surface area contributed by atoms with E-state index >= 15 is 0 Å². The maximum atomic E-state index is 7.66. The molecule has 3 N–H and O–H groups in total. The standard InChI is InChI=1S/C14H17N3S/c1-2-3-8-18-13-10-6-4-5-7-12(10)17-9-11(13)14(15)16/h4-7,9H,2-3,8H2,1H3,(H3,15,16). The minimum atomic E-state index is 0.0900. The topological polar surface area (TPSA) is 62.8 Å². The average Bonchev–Trinajstić information content (AvgIpc) is 2.38. The maximum absolute atomic E-state index is 7.66. The van der Waals surface area contributed by atoms with Crippen LogP contribution in [0, 0.1) is 5.41 Å². The lowest BCUT2D eigenvalue weighted by Gasteiger charge is -2.10. The van der Waals surface area contributed by atoms with Crippen LogP contribution in [0.3, 0.4) is 0 Å². The Kier molecular flexibility index (Phi) is 4.20. The molecule has 0 saturated heterocycles. The molecular weight excluding hydrogens is 242 g/mol. The molecule has 0 saturated carbocycles. The quantitative estimate of drug-likeness (QED) is 0.374. The summed E-state index contributed by atoms with van der Waals surface area (Å²) < 4.78 is 0. The molecule has 0 atom stereocenters. The number of rotatable bonds is 5. The van der Waals surface area contributed by atoms with E-state index in [0.717, 1.165) is 27.1 Å². The highest BCUT2D eigenvalue weighted by Crippen LogP contribution is 2.30. The van der Waals surface area contributed by atoms with E-state index in [0.29, 0.717) is 0 Å². The molecule has 3 nitrogen and oxygen atoms in total. The first-order valence-electron chi connectivity index (χ1n) is 6.09. The molecule has 1 aromatic heterocycles. The van der Waals surface area contributed by atoms with Crippen LogP contribution in [0.5, 0.6) is 0 Å². The van der Waals surface area contributed by atoms with Gasteiger partial charge < -0.3 is 5.73 Å². The largest absolute Gasteiger partial charge is 0.384 e. The second-order valence-electron chi connectivity index (χ2n) is 4.13. The van der Waals surface area contributed by atoms with Crippen molar-refractivity contribution in [2.24, 2.45) is 5.73 Å². The second kappa shape index (κ2) is 5.87. The summed E-state index contributed by atoms with van der Waals surface area (Å²) in [4.78, 5) is 5.44. The van der Waals surface area contributed by atoms with Gasteiger partial charge in [0, 0.05) is 22.0 Å². The molecule has 94 valence electrons. The van der Waals surface area contributed by atoms with Crippen LogP contribution in [-0.2, 0) is 0 Å². The van der Waals surface area contributed by atoms with Gasteiger partial charge in [-0.05, 0) is 18.2 Å². The fourth-order valence-corrected chi connectivity index (χ4v) is 3.07. The highest BCUT2D eigenvalue weighted by molar-refractivity contribution is 7.99. The summed E-state index contributed by atoms with van der Waals surface area (Å²) in [6, 6.07) is 8.01. The summed E-state index contributed by atoms with van der Waals surface area (Å²) in [7, 11) is 0. The van der Waals surface area contributed by atoms with Crippen molar-refractivity contribution in [3.8, 4) is 0 Å². The highest BCUT2D eigenvalue weighted by Gasteiger charge is 2.11. The summed E-state index contributed by atoms with van der Waals surface area (Å²) in [5, 5.41) is 8.75. The zero-order chi connectivity index (χ0) is 13.0. The Hall–Kier alpha value is -1.55. The van der Waals surface area contributed by atoms with Crippen LogP contribution < -0.4 is 5.73 Å². The first-order chi connectivity index (χ1) is 8.74. The van der Waals surface area contributed by atoms with E-state index in [1.54, 1.807) is 18.0 Å². The number of nitrogens with zero attached hydrogens (tertiary/aromatic N) is 1. The molecule has 1 heterocycles. The van der Waals surface area contributed by atoms with Gasteiger partial charge in [-0.2, -0.15) is 0 Å². The predicted molar refractivity (Wildman–Crippen MR) is 78.4 cm³/mol. The van der Waals surface area contributed by atoms with Crippen LogP contribution in [0.4, 0.5) is 0 Å². The zero-order valence-electron chi connectivity index (χ0n) is 10.4. The van der Waals surface area contributed by atoms with E-state index in [2.05, 4.69) is 11.9 Å². The number of benzene rings is 1. The predicted octanol–water partition coefficient (Wildman–Crippen LogP) is 3.41. The van der Waals surface area contributed by atoms with Crippen LogP contribution in [0.2, 0.25) is 0 Å². The van der Waals surface area contributed by atoms with Gasteiger partial charge in [0.2, 0.25) is 0 Å². The Morgan fingerprint density at radius 3 is 2.89 bits per heavy atom. The Balaban J connectivity index is 2.48. The summed E-state index contributed by atoms with van der Waals surface area (Å²) in [6.07, 6.45) is 4.04. The van der Waals surface area contributed by atoms with Crippen molar-refractivity contribution in [1.29, 1.82) is 5.41 Å². The van der Waals surface area contributed by atoms with E-state index < -0.39 is 0 Å². The van der Waals surface area contributed by atoms with E-state index in [1.165, 1.54) is 12.8 Å². The Morgan fingerprint density at radius 2 is 2.17 bits per heavy atom. The third-order valence-corrected chi connectivity index (χ3v) is 3.98. The number of amidine groups is 1. The molecule has 0 aliphatic rings. The van der Waals surface area contributed by atoms with E-state index in [9.17, 15) is 0 Å². The van der Waals surface area contributed by atoms with Gasteiger partial charge in [-0.25, -0.2) is 0 Å². The Morgan fingerprint density at radius 1 is 1.39 bits per heavy atom. The van der Waals surface area contributed by atoms with Crippen molar-refractivity contribution >= 4 is 28.5 Å². The van der Waals surface area contributed by atoms with Gasteiger partial charge in [0.15, 0.2) is 0 Å². The normalized spacial score (nSPS) is 10.7. The number of aromatic nitrogens is 1. The van der Waals surface area contributed by atoms with Crippen LogP contribution >= 0.6 is 11.8 Å². The number of nitrogen functional groups attached to an aromatic ring is 1. The van der Waals surface area contributed by atoms with Gasteiger partial charge in [-0.1, -0.05) is 31.5 Å². The number of para-hydroxylation sites is 1. The van der Waals surface area contributed by atoms with Crippen molar-refractivity contribution in [3.63, 3.8) is 0 Å². The number of nitrogens with one attached hydrogen (secondary N) is 1. The van der Waals surface area contributed by atoms with Gasteiger partial charge in [0.05, 0.1) is 5.52 Å². The van der Waals surface area contributed by atoms with E-state index in [4.69, 9.17) is 11.1 Å². The molecule has 0 unspecified atom stereocenters. The smallest absolute Gasteiger partial charge is 0.125 e. The van der Waals surface area contributed by atoms with Gasteiger partial charge in [0.25, 0.3) is 0 Å². The van der Waals surface area contributed by atoms with Gasteiger partial charge in [-0.3, -0.25) is 10.4 Å². The van der Waals surface area contributed by atoms with Gasteiger partial charge >= 0.3 is 0 Å². The SMILES string of the molecule is CCCCSc1c(C(=N)N)cnc2ccccc12. The summed E-state index contributed by atoms with van der Waals surface area (Å²) in [5.74, 6) is 1.14. The Labute approximate surface area is 111 Å². The lowest BCUT2D eigenvalue weighted by molar-refractivity contribution is 0.896.